The van der Waals surface area contributed by atoms with E-state index in [1.165, 1.54) is 17.2 Å². The van der Waals surface area contributed by atoms with Crippen LogP contribution in [0.15, 0.2) is 48.8 Å². The quantitative estimate of drug-likeness (QED) is 0.678. The van der Waals surface area contributed by atoms with Crippen LogP contribution in [0.2, 0.25) is 0 Å². The van der Waals surface area contributed by atoms with Gasteiger partial charge in [-0.1, -0.05) is 6.92 Å². The second-order valence-electron chi connectivity index (χ2n) is 6.08. The molecule has 0 atom stereocenters. The molecule has 2 heterocycles. The lowest BCUT2D eigenvalue weighted by Crippen LogP contribution is -2.25. The molecule has 0 unspecified atom stereocenters. The van der Waals surface area contributed by atoms with Gasteiger partial charge in [-0.15, -0.1) is 0 Å². The molecule has 0 bridgehead atoms. The fourth-order valence-corrected chi connectivity index (χ4v) is 2.68. The number of halogens is 1. The normalized spacial score (nSPS) is 10.6. The monoisotopic (exact) mass is 366 g/mol. The Kier molecular flexibility index (Phi) is 5.40. The van der Waals surface area contributed by atoms with Gasteiger partial charge in [0.1, 0.15) is 5.82 Å². The van der Waals surface area contributed by atoms with Crippen molar-refractivity contribution in [3.63, 3.8) is 0 Å². The van der Waals surface area contributed by atoms with Gasteiger partial charge in [0, 0.05) is 48.4 Å². The number of hydrogen-bond donors (Lipinski definition) is 1. The molecule has 3 rings (SSSR count). The van der Waals surface area contributed by atoms with Crippen LogP contribution in [0, 0.1) is 5.82 Å². The lowest BCUT2D eigenvalue weighted by Gasteiger charge is -2.17. The standard InChI is InChI=1S/C20H19FN4O2/c1-3-20(27)25(2)15-5-6-16(17(21)11-15)18-7-4-13(12-22-18)19(26)10-14-8-9-23-24-14/h4-9,11-12H,3,10H2,1-2H3,(H,23,24). The fraction of sp³-hybridized carbons (Fsp3) is 0.200. The smallest absolute Gasteiger partial charge is 0.226 e. The van der Waals surface area contributed by atoms with Gasteiger partial charge in [-0.25, -0.2) is 4.39 Å². The number of carbonyl (C=O) groups is 2. The van der Waals surface area contributed by atoms with E-state index in [4.69, 9.17) is 0 Å². The molecule has 2 aromatic heterocycles. The van der Waals surface area contributed by atoms with E-state index in [1.54, 1.807) is 50.5 Å². The zero-order valence-corrected chi connectivity index (χ0v) is 15.1. The van der Waals surface area contributed by atoms with Crippen LogP contribution in [-0.4, -0.2) is 33.9 Å². The summed E-state index contributed by atoms with van der Waals surface area (Å²) in [5, 5.41) is 6.55. The van der Waals surface area contributed by atoms with Crippen LogP contribution in [-0.2, 0) is 11.2 Å². The number of ketones is 1. The number of carbonyl (C=O) groups excluding carboxylic acids is 2. The minimum atomic E-state index is -0.479. The van der Waals surface area contributed by atoms with Crippen LogP contribution in [0.5, 0.6) is 0 Å². The molecule has 3 aromatic rings. The zero-order valence-electron chi connectivity index (χ0n) is 15.1. The highest BCUT2D eigenvalue weighted by atomic mass is 19.1. The lowest BCUT2D eigenvalue weighted by molar-refractivity contribution is -0.118. The second-order valence-corrected chi connectivity index (χ2v) is 6.08. The number of benzene rings is 1. The van der Waals surface area contributed by atoms with Crippen molar-refractivity contribution in [1.82, 2.24) is 15.2 Å². The average Bonchev–Trinajstić information content (AvgIpc) is 3.19. The van der Waals surface area contributed by atoms with Crippen molar-refractivity contribution in [3.05, 3.63) is 65.9 Å². The van der Waals surface area contributed by atoms with Crippen molar-refractivity contribution in [2.45, 2.75) is 19.8 Å². The van der Waals surface area contributed by atoms with Crippen molar-refractivity contribution in [2.75, 3.05) is 11.9 Å². The van der Waals surface area contributed by atoms with Crippen LogP contribution < -0.4 is 4.90 Å². The van der Waals surface area contributed by atoms with E-state index in [9.17, 15) is 14.0 Å². The highest BCUT2D eigenvalue weighted by molar-refractivity contribution is 5.97. The summed E-state index contributed by atoms with van der Waals surface area (Å²) in [7, 11) is 1.61. The number of H-pyrrole nitrogens is 1. The summed E-state index contributed by atoms with van der Waals surface area (Å²) in [6.07, 6.45) is 3.56. The maximum absolute atomic E-state index is 14.5. The Labute approximate surface area is 156 Å². The summed E-state index contributed by atoms with van der Waals surface area (Å²) >= 11 is 0. The Morgan fingerprint density at radius 1 is 1.19 bits per heavy atom. The van der Waals surface area contributed by atoms with Gasteiger partial charge < -0.3 is 4.90 Å². The van der Waals surface area contributed by atoms with E-state index in [-0.39, 0.29) is 18.1 Å². The molecule has 27 heavy (non-hydrogen) atoms. The number of Topliss-reactive ketones (excluding diaryl/α,β-unsaturated/α-hetero) is 1. The molecule has 0 radical (unpaired) electrons. The minimum Gasteiger partial charge on any atom is -0.315 e. The van der Waals surface area contributed by atoms with Gasteiger partial charge in [0.15, 0.2) is 5.78 Å². The molecule has 0 saturated carbocycles. The molecule has 1 aromatic carbocycles. The molecule has 0 aliphatic carbocycles. The topological polar surface area (TPSA) is 79.0 Å². The van der Waals surface area contributed by atoms with Crippen LogP contribution in [0.3, 0.4) is 0 Å². The minimum absolute atomic E-state index is 0.0968. The van der Waals surface area contributed by atoms with E-state index in [0.29, 0.717) is 28.9 Å². The van der Waals surface area contributed by atoms with Gasteiger partial charge in [0.2, 0.25) is 5.91 Å². The molecule has 0 fully saturated rings. The highest BCUT2D eigenvalue weighted by Crippen LogP contribution is 2.25. The van der Waals surface area contributed by atoms with E-state index in [0.717, 1.165) is 5.69 Å². The first-order valence-corrected chi connectivity index (χ1v) is 8.53. The number of aromatic amines is 1. The third kappa shape index (κ3) is 4.08. The number of nitrogens with one attached hydrogen (secondary N) is 1. The number of pyridine rings is 1. The van der Waals surface area contributed by atoms with E-state index >= 15 is 0 Å². The maximum atomic E-state index is 14.5. The summed E-state index contributed by atoms with van der Waals surface area (Å²) in [6, 6.07) is 9.53. The first kappa shape index (κ1) is 18.4. The Bertz CT molecular complexity index is 953. The highest BCUT2D eigenvalue weighted by Gasteiger charge is 2.14. The summed E-state index contributed by atoms with van der Waals surface area (Å²) < 4.78 is 14.5. The Morgan fingerprint density at radius 3 is 2.59 bits per heavy atom. The van der Waals surface area contributed by atoms with Crippen molar-refractivity contribution in [1.29, 1.82) is 0 Å². The maximum Gasteiger partial charge on any atom is 0.226 e. The van der Waals surface area contributed by atoms with E-state index < -0.39 is 5.82 Å². The number of anilines is 1. The SMILES string of the molecule is CCC(=O)N(C)c1ccc(-c2ccc(C(=O)Cc3ccn[nH]3)cn2)c(F)c1. The third-order valence-electron chi connectivity index (χ3n) is 4.29. The van der Waals surface area contributed by atoms with Crippen molar-refractivity contribution < 1.29 is 14.0 Å². The summed E-state index contributed by atoms with van der Waals surface area (Å²) in [5.74, 6) is -0.679. The van der Waals surface area contributed by atoms with Crippen LogP contribution in [0.4, 0.5) is 10.1 Å². The van der Waals surface area contributed by atoms with Gasteiger partial charge in [0.25, 0.3) is 0 Å². The second kappa shape index (κ2) is 7.90. The first-order valence-electron chi connectivity index (χ1n) is 8.53. The van der Waals surface area contributed by atoms with Crippen molar-refractivity contribution in [2.24, 2.45) is 0 Å². The predicted octanol–water partition coefficient (Wildman–Crippen LogP) is 3.41. The zero-order chi connectivity index (χ0) is 19.4. The molecular weight excluding hydrogens is 347 g/mol. The van der Waals surface area contributed by atoms with Crippen molar-refractivity contribution in [3.8, 4) is 11.3 Å². The van der Waals surface area contributed by atoms with E-state index in [2.05, 4.69) is 15.2 Å². The summed E-state index contributed by atoms with van der Waals surface area (Å²) in [4.78, 5) is 29.6. The van der Waals surface area contributed by atoms with E-state index in [1.807, 2.05) is 0 Å². The molecule has 0 saturated heterocycles. The largest absolute Gasteiger partial charge is 0.315 e. The Balaban J connectivity index is 1.78. The molecule has 6 nitrogen and oxygen atoms in total. The fourth-order valence-electron chi connectivity index (χ4n) is 2.68. The molecule has 7 heteroatoms. The van der Waals surface area contributed by atoms with Gasteiger partial charge >= 0.3 is 0 Å². The van der Waals surface area contributed by atoms with Crippen molar-refractivity contribution >= 4 is 17.4 Å². The molecule has 1 amide bonds. The van der Waals surface area contributed by atoms with Crippen LogP contribution in [0.1, 0.15) is 29.4 Å². The molecule has 1 N–H and O–H groups in total. The summed E-state index contributed by atoms with van der Waals surface area (Å²) in [6.45, 7) is 1.75. The van der Waals surface area contributed by atoms with Gasteiger partial charge in [-0.2, -0.15) is 5.10 Å². The molecule has 0 aliphatic heterocycles. The van der Waals surface area contributed by atoms with Gasteiger partial charge in [-0.05, 0) is 36.4 Å². The summed E-state index contributed by atoms with van der Waals surface area (Å²) in [5.41, 5.74) is 2.37. The third-order valence-corrected chi connectivity index (χ3v) is 4.29. The van der Waals surface area contributed by atoms with Crippen LogP contribution >= 0.6 is 0 Å². The number of aromatic nitrogens is 3. The number of rotatable bonds is 6. The molecule has 0 aliphatic rings. The Hall–Kier alpha value is -3.35. The number of hydrogen-bond acceptors (Lipinski definition) is 4. The van der Waals surface area contributed by atoms with Gasteiger partial charge in [0.05, 0.1) is 12.1 Å². The molecule has 138 valence electrons. The number of amides is 1. The Morgan fingerprint density at radius 2 is 2.00 bits per heavy atom. The van der Waals surface area contributed by atoms with Crippen LogP contribution in [0.25, 0.3) is 11.3 Å². The lowest BCUT2D eigenvalue weighted by atomic mass is 10.1. The first-order chi connectivity index (χ1) is 13.0. The predicted molar refractivity (Wildman–Crippen MR) is 100.0 cm³/mol. The molecule has 0 spiro atoms. The molecular formula is C20H19FN4O2. The average molecular weight is 366 g/mol. The number of nitrogens with zero attached hydrogens (tertiary/aromatic N) is 3. The van der Waals surface area contributed by atoms with Gasteiger partial charge in [-0.3, -0.25) is 19.7 Å².